The largest absolute Gasteiger partial charge is 0.361 e. The van der Waals surface area contributed by atoms with Crippen molar-refractivity contribution in [2.75, 3.05) is 6.54 Å². The summed E-state index contributed by atoms with van der Waals surface area (Å²) in [6, 6.07) is 18.6. The highest BCUT2D eigenvalue weighted by molar-refractivity contribution is 6.04. The van der Waals surface area contributed by atoms with E-state index in [1.165, 1.54) is 0 Å². The summed E-state index contributed by atoms with van der Waals surface area (Å²) in [6.45, 7) is 4.79. The Morgan fingerprint density at radius 3 is 2.71 bits per heavy atom. The number of para-hydroxylation sites is 2. The average molecular weight is 411 g/mol. The number of rotatable bonds is 7. The van der Waals surface area contributed by atoms with Crippen LogP contribution in [0, 0.1) is 11.3 Å². The highest BCUT2D eigenvalue weighted by atomic mass is 16.1. The number of nitrogens with one attached hydrogen (secondary N) is 2. The maximum Gasteiger partial charge on any atom is 0.261 e. The minimum absolute atomic E-state index is 0.117. The fourth-order valence-corrected chi connectivity index (χ4v) is 3.96. The average Bonchev–Trinajstić information content (AvgIpc) is 3.38. The third kappa shape index (κ3) is 4.10. The molecule has 2 heterocycles. The summed E-state index contributed by atoms with van der Waals surface area (Å²) in [7, 11) is 0. The Bertz CT molecular complexity index is 1300. The van der Waals surface area contributed by atoms with Gasteiger partial charge in [0.25, 0.3) is 5.91 Å². The first-order valence-corrected chi connectivity index (χ1v) is 10.7. The van der Waals surface area contributed by atoms with E-state index in [1.54, 1.807) is 6.08 Å². The van der Waals surface area contributed by atoms with Gasteiger partial charge < -0.3 is 14.9 Å². The van der Waals surface area contributed by atoms with Crippen LogP contribution in [0.4, 0.5) is 0 Å². The number of amides is 1. The summed E-state index contributed by atoms with van der Waals surface area (Å²) >= 11 is 0. The van der Waals surface area contributed by atoms with Gasteiger partial charge in [-0.15, -0.1) is 0 Å². The molecule has 0 aliphatic heterocycles. The summed E-state index contributed by atoms with van der Waals surface area (Å²) in [5.74, 6) is -0.345. The van der Waals surface area contributed by atoms with Crippen molar-refractivity contribution in [3.05, 3.63) is 77.6 Å². The van der Waals surface area contributed by atoms with E-state index in [-0.39, 0.29) is 11.5 Å². The maximum atomic E-state index is 12.7. The van der Waals surface area contributed by atoms with E-state index in [2.05, 4.69) is 46.9 Å². The molecular weight excluding hydrogens is 384 g/mol. The number of nitriles is 1. The van der Waals surface area contributed by atoms with E-state index < -0.39 is 0 Å². The van der Waals surface area contributed by atoms with Crippen LogP contribution in [-0.2, 0) is 11.2 Å². The van der Waals surface area contributed by atoms with Crippen molar-refractivity contribution in [2.45, 2.75) is 32.7 Å². The lowest BCUT2D eigenvalue weighted by molar-refractivity contribution is -0.117. The van der Waals surface area contributed by atoms with Gasteiger partial charge in [-0.3, -0.25) is 4.79 Å². The molecule has 0 fully saturated rings. The second-order valence-electron chi connectivity index (χ2n) is 7.80. The van der Waals surface area contributed by atoms with Gasteiger partial charge in [0.1, 0.15) is 11.6 Å². The first kappa shape index (κ1) is 20.5. The molecule has 1 unspecified atom stereocenters. The molecule has 1 amide bonds. The van der Waals surface area contributed by atoms with Gasteiger partial charge in [-0.05, 0) is 43.5 Å². The Hall–Kier alpha value is -3.78. The van der Waals surface area contributed by atoms with Crippen molar-refractivity contribution in [3.63, 3.8) is 0 Å². The van der Waals surface area contributed by atoms with Crippen LogP contribution in [0.25, 0.3) is 27.9 Å². The Balaban J connectivity index is 1.52. The molecule has 0 aliphatic rings. The summed E-state index contributed by atoms with van der Waals surface area (Å²) in [6.07, 6.45) is 7.41. The second-order valence-corrected chi connectivity index (χ2v) is 7.80. The van der Waals surface area contributed by atoms with Gasteiger partial charge in [-0.1, -0.05) is 43.3 Å². The highest BCUT2D eigenvalue weighted by Crippen LogP contribution is 2.27. The molecule has 4 rings (SSSR count). The van der Waals surface area contributed by atoms with Gasteiger partial charge in [0.05, 0.1) is 0 Å². The lowest BCUT2D eigenvalue weighted by Gasteiger charge is -2.12. The number of hydrogen-bond donors (Lipinski definition) is 2. The van der Waals surface area contributed by atoms with Crippen LogP contribution in [0.3, 0.4) is 0 Å². The minimum Gasteiger partial charge on any atom is -0.361 e. The normalized spacial score (nSPS) is 12.7. The van der Waals surface area contributed by atoms with E-state index >= 15 is 0 Å². The van der Waals surface area contributed by atoms with Crippen molar-refractivity contribution < 1.29 is 4.79 Å². The Morgan fingerprint density at radius 2 is 1.94 bits per heavy atom. The smallest absolute Gasteiger partial charge is 0.261 e. The van der Waals surface area contributed by atoms with Gasteiger partial charge in [-0.2, -0.15) is 5.26 Å². The number of nitrogens with zero attached hydrogens (tertiary/aromatic N) is 2. The molecule has 0 saturated heterocycles. The third-order valence-electron chi connectivity index (χ3n) is 5.86. The van der Waals surface area contributed by atoms with Crippen LogP contribution in [0.2, 0.25) is 0 Å². The first-order valence-electron chi connectivity index (χ1n) is 10.7. The summed E-state index contributed by atoms with van der Waals surface area (Å²) < 4.78 is 2.21. The van der Waals surface area contributed by atoms with Gasteiger partial charge in [0.15, 0.2) is 0 Å². The predicted octanol–water partition coefficient (Wildman–Crippen LogP) is 5.36. The van der Waals surface area contributed by atoms with Crippen molar-refractivity contribution in [1.82, 2.24) is 14.9 Å². The number of aromatic nitrogens is 2. The van der Waals surface area contributed by atoms with Crippen LogP contribution in [0.5, 0.6) is 0 Å². The molecule has 4 aromatic rings. The molecule has 156 valence electrons. The second kappa shape index (κ2) is 8.93. The fourth-order valence-electron chi connectivity index (χ4n) is 3.96. The van der Waals surface area contributed by atoms with E-state index in [4.69, 9.17) is 0 Å². The number of aromatic amines is 1. The SMILES string of the molecule is CCC(C)n1cc(C=C(C#N)C(=O)NCCc2c[nH]c3ccccc23)c2ccccc21. The van der Waals surface area contributed by atoms with E-state index in [0.29, 0.717) is 19.0 Å². The Kier molecular flexibility index (Phi) is 5.90. The molecule has 5 heteroatoms. The minimum atomic E-state index is -0.345. The Labute approximate surface area is 182 Å². The molecular formula is C26H26N4O. The molecule has 31 heavy (non-hydrogen) atoms. The van der Waals surface area contributed by atoms with Crippen molar-refractivity contribution in [2.24, 2.45) is 0 Å². The monoisotopic (exact) mass is 410 g/mol. The number of carbonyl (C=O) groups excluding carboxylic acids is 1. The lowest BCUT2D eigenvalue weighted by Crippen LogP contribution is -2.26. The molecule has 0 bridgehead atoms. The molecule has 0 saturated carbocycles. The van der Waals surface area contributed by atoms with Gasteiger partial charge in [0.2, 0.25) is 0 Å². The maximum absolute atomic E-state index is 12.7. The van der Waals surface area contributed by atoms with Crippen LogP contribution >= 0.6 is 0 Å². The molecule has 2 aromatic carbocycles. The molecule has 0 radical (unpaired) electrons. The van der Waals surface area contributed by atoms with Crippen molar-refractivity contribution in [1.29, 1.82) is 5.26 Å². The zero-order valence-corrected chi connectivity index (χ0v) is 17.9. The molecule has 2 aromatic heterocycles. The molecule has 0 aliphatic carbocycles. The van der Waals surface area contributed by atoms with Gasteiger partial charge in [0, 0.05) is 52.3 Å². The summed E-state index contributed by atoms with van der Waals surface area (Å²) in [5, 5.41) is 14.7. The summed E-state index contributed by atoms with van der Waals surface area (Å²) in [5.41, 5.74) is 4.35. The van der Waals surface area contributed by atoms with E-state index in [0.717, 1.165) is 39.4 Å². The fraction of sp³-hybridized carbons (Fsp3) is 0.231. The number of benzene rings is 2. The zero-order valence-electron chi connectivity index (χ0n) is 17.9. The zero-order chi connectivity index (χ0) is 21.8. The van der Waals surface area contributed by atoms with E-state index in [9.17, 15) is 10.1 Å². The van der Waals surface area contributed by atoms with Crippen LogP contribution < -0.4 is 5.32 Å². The molecule has 5 nitrogen and oxygen atoms in total. The summed E-state index contributed by atoms with van der Waals surface area (Å²) in [4.78, 5) is 15.9. The van der Waals surface area contributed by atoms with Crippen LogP contribution in [0.15, 0.2) is 66.5 Å². The molecule has 1 atom stereocenters. The van der Waals surface area contributed by atoms with E-state index in [1.807, 2.05) is 48.8 Å². The molecule has 0 spiro atoms. The quantitative estimate of drug-likeness (QED) is 0.318. The molecule has 2 N–H and O–H groups in total. The van der Waals surface area contributed by atoms with Gasteiger partial charge in [-0.25, -0.2) is 0 Å². The van der Waals surface area contributed by atoms with Crippen LogP contribution in [-0.4, -0.2) is 22.0 Å². The number of carbonyl (C=O) groups is 1. The number of hydrogen-bond acceptors (Lipinski definition) is 2. The number of H-pyrrole nitrogens is 1. The first-order chi connectivity index (χ1) is 15.1. The predicted molar refractivity (Wildman–Crippen MR) is 126 cm³/mol. The lowest BCUT2D eigenvalue weighted by atomic mass is 10.1. The van der Waals surface area contributed by atoms with Crippen molar-refractivity contribution >= 4 is 33.8 Å². The topological polar surface area (TPSA) is 73.6 Å². The Morgan fingerprint density at radius 1 is 1.19 bits per heavy atom. The van der Waals surface area contributed by atoms with Gasteiger partial charge >= 0.3 is 0 Å². The standard InChI is InChI=1S/C26H26N4O/c1-3-18(2)30-17-21(23-9-5-7-11-25(23)30)14-20(15-27)26(31)28-13-12-19-16-29-24-10-6-4-8-22(19)24/h4-11,14,16-18,29H,3,12-13H2,1-2H3,(H,28,31). The third-order valence-corrected chi connectivity index (χ3v) is 5.86. The van der Waals surface area contributed by atoms with Crippen molar-refractivity contribution in [3.8, 4) is 6.07 Å². The highest BCUT2D eigenvalue weighted by Gasteiger charge is 2.14. The van der Waals surface area contributed by atoms with Crippen LogP contribution in [0.1, 0.15) is 37.4 Å². The number of fused-ring (bicyclic) bond motifs is 2.